The Labute approximate surface area is 229 Å². The van der Waals surface area contributed by atoms with E-state index < -0.39 is 31.7 Å². The predicted molar refractivity (Wildman–Crippen MR) is 147 cm³/mol. The quantitative estimate of drug-likeness (QED) is 0.435. The minimum atomic E-state index is -4.17. The predicted octanol–water partition coefficient (Wildman–Crippen LogP) is 3.93. The van der Waals surface area contributed by atoms with Gasteiger partial charge in [0.05, 0.1) is 23.7 Å². The maximum Gasteiger partial charge on any atom is 0.407 e. The molecule has 12 nitrogen and oxygen atoms in total. The monoisotopic (exact) mass is 590 g/mol. The summed E-state index contributed by atoms with van der Waals surface area (Å²) in [5, 5.41) is 10.4. The Morgan fingerprint density at radius 2 is 1.79 bits per heavy atom. The van der Waals surface area contributed by atoms with Crippen molar-refractivity contribution >= 4 is 55.1 Å². The van der Waals surface area contributed by atoms with E-state index in [1.807, 2.05) is 45.4 Å². The first-order chi connectivity index (χ1) is 17.4. The van der Waals surface area contributed by atoms with Gasteiger partial charge in [-0.1, -0.05) is 11.6 Å². The van der Waals surface area contributed by atoms with E-state index in [2.05, 4.69) is 15.6 Å². The lowest BCUT2D eigenvalue weighted by Crippen LogP contribution is -2.35. The number of nitrogens with zero attached hydrogens (tertiary/aromatic N) is 4. The summed E-state index contributed by atoms with van der Waals surface area (Å²) < 4.78 is 56.1. The average molecular weight is 591 g/mol. The fraction of sp³-hybridized carbons (Fsp3) is 0.609. The summed E-state index contributed by atoms with van der Waals surface area (Å²) in [5.41, 5.74) is 0.158. The lowest BCUT2D eigenvalue weighted by molar-refractivity contribution is 0.0981. The maximum atomic E-state index is 12.1. The number of rotatable bonds is 8. The average Bonchev–Trinajstić information content (AvgIpc) is 3.34. The normalized spacial score (nSPS) is 18.4. The fourth-order valence-electron chi connectivity index (χ4n) is 4.30. The highest BCUT2D eigenvalue weighted by molar-refractivity contribution is 8.09. The number of ether oxygens (including phenoxy) is 1. The molecule has 0 bridgehead atoms. The fourth-order valence-corrected chi connectivity index (χ4v) is 7.62. The molecule has 15 heteroatoms. The number of alkyl carbamates (subject to hydrolysis) is 1. The SMILES string of the molecule is CC(C)NC(=O)O[C@@H]1CC[C@H](c2cc(Nc3ccc(N(S(C)(=O)=O)S(C)(=O)=O)c(Cl)n3)n(C(C)(C)C)n2)C1. The van der Waals surface area contributed by atoms with Gasteiger partial charge in [-0.3, -0.25) is 0 Å². The first-order valence-corrected chi connectivity index (χ1v) is 16.2. The number of sulfonamides is 2. The van der Waals surface area contributed by atoms with Gasteiger partial charge in [0.1, 0.15) is 23.4 Å². The summed E-state index contributed by atoms with van der Waals surface area (Å²) in [5.74, 6) is 0.984. The van der Waals surface area contributed by atoms with Crippen LogP contribution in [0.15, 0.2) is 18.2 Å². The van der Waals surface area contributed by atoms with Crippen molar-refractivity contribution in [1.82, 2.24) is 20.1 Å². The third kappa shape index (κ3) is 7.29. The molecule has 1 aliphatic carbocycles. The van der Waals surface area contributed by atoms with Gasteiger partial charge in [0.2, 0.25) is 20.0 Å². The Balaban J connectivity index is 1.86. The van der Waals surface area contributed by atoms with Crippen LogP contribution in [0.4, 0.5) is 22.1 Å². The van der Waals surface area contributed by atoms with Gasteiger partial charge in [0.15, 0.2) is 5.15 Å². The molecule has 38 heavy (non-hydrogen) atoms. The molecule has 0 aromatic carbocycles. The zero-order valence-corrected chi connectivity index (χ0v) is 24.9. The number of pyridine rings is 1. The number of amides is 1. The molecule has 0 spiro atoms. The zero-order valence-electron chi connectivity index (χ0n) is 22.5. The Morgan fingerprint density at radius 3 is 2.32 bits per heavy atom. The Kier molecular flexibility index (Phi) is 8.59. The van der Waals surface area contributed by atoms with Gasteiger partial charge in [-0.25, -0.2) is 31.3 Å². The minimum Gasteiger partial charge on any atom is -0.446 e. The van der Waals surface area contributed by atoms with Crippen LogP contribution in [0.2, 0.25) is 5.15 Å². The first-order valence-electron chi connectivity index (χ1n) is 12.1. The van der Waals surface area contributed by atoms with E-state index in [9.17, 15) is 21.6 Å². The number of halogens is 1. The second-order valence-electron chi connectivity index (χ2n) is 10.7. The third-order valence-electron chi connectivity index (χ3n) is 5.73. The third-order valence-corrected chi connectivity index (χ3v) is 9.23. The van der Waals surface area contributed by atoms with Crippen LogP contribution in [0.3, 0.4) is 0 Å². The minimum absolute atomic E-state index is 0.00665. The Hall–Kier alpha value is -2.58. The molecule has 2 N–H and O–H groups in total. The van der Waals surface area contributed by atoms with Crippen molar-refractivity contribution in [3.05, 3.63) is 29.0 Å². The van der Waals surface area contributed by atoms with E-state index in [1.165, 1.54) is 12.1 Å². The van der Waals surface area contributed by atoms with Crippen LogP contribution >= 0.6 is 11.6 Å². The smallest absolute Gasteiger partial charge is 0.407 e. The van der Waals surface area contributed by atoms with E-state index in [0.29, 0.717) is 12.2 Å². The molecule has 1 amide bonds. The molecule has 0 saturated heterocycles. The largest absolute Gasteiger partial charge is 0.446 e. The molecule has 0 unspecified atom stereocenters. The summed E-state index contributed by atoms with van der Waals surface area (Å²) in [6.45, 7) is 9.72. The van der Waals surface area contributed by atoms with Gasteiger partial charge in [0.25, 0.3) is 0 Å². The summed E-state index contributed by atoms with van der Waals surface area (Å²) in [7, 11) is -8.34. The second-order valence-corrected chi connectivity index (χ2v) is 15.0. The van der Waals surface area contributed by atoms with Crippen molar-refractivity contribution in [2.75, 3.05) is 21.5 Å². The number of carbonyl (C=O) groups excluding carboxylic acids is 1. The molecule has 0 aliphatic heterocycles. The van der Waals surface area contributed by atoms with E-state index in [-0.39, 0.29) is 38.4 Å². The lowest BCUT2D eigenvalue weighted by Gasteiger charge is -2.23. The Bertz CT molecular complexity index is 1370. The number of aromatic nitrogens is 3. The van der Waals surface area contributed by atoms with E-state index >= 15 is 0 Å². The second kappa shape index (κ2) is 10.9. The van der Waals surface area contributed by atoms with Crippen molar-refractivity contribution < 1.29 is 26.4 Å². The summed E-state index contributed by atoms with van der Waals surface area (Å²) in [6.07, 6.45) is 3.12. The highest BCUT2D eigenvalue weighted by Gasteiger charge is 2.33. The molecule has 3 rings (SSSR count). The van der Waals surface area contributed by atoms with Gasteiger partial charge in [-0.2, -0.15) is 8.81 Å². The maximum absolute atomic E-state index is 12.1. The summed E-state index contributed by atoms with van der Waals surface area (Å²) in [4.78, 5) is 16.2. The van der Waals surface area contributed by atoms with Crippen LogP contribution in [0.5, 0.6) is 0 Å². The highest BCUT2D eigenvalue weighted by Crippen LogP contribution is 2.38. The van der Waals surface area contributed by atoms with Crippen LogP contribution < -0.4 is 14.3 Å². The van der Waals surface area contributed by atoms with E-state index in [0.717, 1.165) is 31.0 Å². The molecule has 1 aliphatic rings. The van der Waals surface area contributed by atoms with Gasteiger partial charge >= 0.3 is 6.09 Å². The topological polar surface area (TPSA) is 153 Å². The van der Waals surface area contributed by atoms with Crippen molar-refractivity contribution in [3.8, 4) is 0 Å². The first kappa shape index (κ1) is 30.0. The molecule has 1 saturated carbocycles. The van der Waals surface area contributed by atoms with Crippen LogP contribution in [-0.4, -0.2) is 62.4 Å². The van der Waals surface area contributed by atoms with E-state index in [1.54, 1.807) is 0 Å². The van der Waals surface area contributed by atoms with Gasteiger partial charge in [-0.05, 0) is 66.0 Å². The summed E-state index contributed by atoms with van der Waals surface area (Å²) >= 11 is 6.24. The molecule has 2 aromatic rings. The number of anilines is 3. The van der Waals surface area contributed by atoms with Crippen LogP contribution in [0.25, 0.3) is 0 Å². The number of hydrogen-bond donors (Lipinski definition) is 2. The van der Waals surface area contributed by atoms with E-state index in [4.69, 9.17) is 21.4 Å². The zero-order chi connectivity index (χ0) is 28.6. The van der Waals surface area contributed by atoms with Crippen molar-refractivity contribution in [1.29, 1.82) is 0 Å². The molecule has 2 heterocycles. The van der Waals surface area contributed by atoms with Crippen molar-refractivity contribution in [2.45, 2.75) is 77.5 Å². The molecular weight excluding hydrogens is 556 g/mol. The molecule has 1 fully saturated rings. The van der Waals surface area contributed by atoms with Gasteiger partial charge in [-0.15, -0.1) is 0 Å². The molecule has 2 aromatic heterocycles. The van der Waals surface area contributed by atoms with Crippen LogP contribution in [0.1, 0.15) is 65.5 Å². The Morgan fingerprint density at radius 1 is 1.16 bits per heavy atom. The molecule has 2 atom stereocenters. The molecule has 212 valence electrons. The van der Waals surface area contributed by atoms with Crippen LogP contribution in [-0.2, 0) is 30.3 Å². The lowest BCUT2D eigenvalue weighted by atomic mass is 10.0. The standard InChI is InChI=1S/C23H35ClN6O6S2/c1-14(2)25-22(31)36-16-9-8-15(12-16)17-13-20(29(28-17)23(3,4)5)26-19-11-10-18(21(24)27-19)30(37(6,32)33)38(7,34)35/h10-11,13-16H,8-9,12H2,1-7H3,(H,25,31)(H,26,27)/t15-,16+/m0/s1. The van der Waals surface area contributed by atoms with Gasteiger partial charge in [0, 0.05) is 18.0 Å². The molecule has 0 radical (unpaired) electrons. The van der Waals surface area contributed by atoms with Gasteiger partial charge < -0.3 is 15.4 Å². The highest BCUT2D eigenvalue weighted by atomic mass is 35.5. The summed E-state index contributed by atoms with van der Waals surface area (Å²) in [6, 6.07) is 4.61. The van der Waals surface area contributed by atoms with Crippen molar-refractivity contribution in [2.24, 2.45) is 0 Å². The van der Waals surface area contributed by atoms with Crippen LogP contribution in [0, 0.1) is 0 Å². The van der Waals surface area contributed by atoms with Crippen molar-refractivity contribution in [3.63, 3.8) is 0 Å². The number of carbonyl (C=O) groups is 1. The number of nitrogens with one attached hydrogen (secondary N) is 2. The number of hydrogen-bond acceptors (Lipinski definition) is 9. The molecular formula is C23H35ClN6O6S2.